The molecule has 1 unspecified atom stereocenters. The zero-order chi connectivity index (χ0) is 36.9. The van der Waals surface area contributed by atoms with E-state index in [1.807, 2.05) is 0 Å². The smallest absolute Gasteiger partial charge is 0.440 e. The number of nitrogens with zero attached hydrogens (tertiary/aromatic N) is 6. The van der Waals surface area contributed by atoms with Gasteiger partial charge in [0.2, 0.25) is 5.17 Å². The van der Waals surface area contributed by atoms with E-state index in [-0.39, 0.29) is 17.0 Å². The van der Waals surface area contributed by atoms with Crippen LogP contribution < -0.4 is 10.4 Å². The summed E-state index contributed by atoms with van der Waals surface area (Å²) in [5.41, 5.74) is -0.386. The Morgan fingerprint density at radius 2 is 1.42 bits per heavy atom. The van der Waals surface area contributed by atoms with Gasteiger partial charge in [0.05, 0.1) is 42.1 Å². The molecule has 1 atom stereocenters. The summed E-state index contributed by atoms with van der Waals surface area (Å²) in [4.78, 5) is 73.5. The van der Waals surface area contributed by atoms with Crippen molar-refractivity contribution in [1.82, 2.24) is 19.9 Å². The minimum absolute atomic E-state index is 0.0148. The summed E-state index contributed by atoms with van der Waals surface area (Å²) in [6.45, 7) is 12.4. The van der Waals surface area contributed by atoms with Gasteiger partial charge >= 0.3 is 30.3 Å². The minimum atomic E-state index is -2.58. The molecule has 50 heavy (non-hydrogen) atoms. The molecule has 268 valence electrons. The fourth-order valence-electron chi connectivity index (χ4n) is 4.55. The SMILES string of the molecule is CC(C)OC(=O)NN(SC1=NC2(C(=O)N(c3ccccc3)N=C2c2cccc(F)c2)N(C(=O)OC(C)C)N1C(=O)OC(C)C)C(=O)OC(C)C. The average Bonchev–Trinajstić information content (AvgIpc) is 3.50. The van der Waals surface area contributed by atoms with Crippen LogP contribution in [0.25, 0.3) is 0 Å². The highest BCUT2D eigenvalue weighted by Crippen LogP contribution is 2.42. The van der Waals surface area contributed by atoms with Crippen LogP contribution in [0.1, 0.15) is 61.0 Å². The van der Waals surface area contributed by atoms with Crippen molar-refractivity contribution in [2.45, 2.75) is 85.5 Å². The quantitative estimate of drug-likeness (QED) is 0.219. The maximum absolute atomic E-state index is 14.8. The number of benzene rings is 2. The van der Waals surface area contributed by atoms with Crippen LogP contribution in [-0.4, -0.2) is 85.7 Å². The third-order valence-corrected chi connectivity index (χ3v) is 7.14. The Labute approximate surface area is 292 Å². The van der Waals surface area contributed by atoms with Crippen LogP contribution in [0.15, 0.2) is 64.7 Å². The van der Waals surface area contributed by atoms with Crippen LogP contribution in [0.2, 0.25) is 0 Å². The van der Waals surface area contributed by atoms with E-state index in [0.29, 0.717) is 26.4 Å². The number of amidine groups is 1. The van der Waals surface area contributed by atoms with Crippen molar-refractivity contribution in [3.63, 3.8) is 0 Å². The predicted molar refractivity (Wildman–Crippen MR) is 180 cm³/mol. The highest BCUT2D eigenvalue weighted by Gasteiger charge is 2.67. The van der Waals surface area contributed by atoms with E-state index in [9.17, 15) is 28.4 Å². The normalized spacial score (nSPS) is 17.1. The van der Waals surface area contributed by atoms with E-state index in [0.717, 1.165) is 11.1 Å². The van der Waals surface area contributed by atoms with Gasteiger partial charge in [-0.15, -0.1) is 4.41 Å². The molecule has 0 saturated heterocycles. The number of aliphatic imine (C=N–C) groups is 1. The largest absolute Gasteiger partial charge is 0.446 e. The molecule has 0 aromatic heterocycles. The van der Waals surface area contributed by atoms with Crippen LogP contribution in [-0.2, 0) is 23.7 Å². The molecule has 2 heterocycles. The minimum Gasteiger partial charge on any atom is -0.446 e. The molecule has 1 N–H and O–H groups in total. The molecular weight excluding hydrogens is 677 g/mol. The number of carbonyl (C=O) groups excluding carboxylic acids is 5. The predicted octanol–water partition coefficient (Wildman–Crippen LogP) is 5.80. The molecule has 1 spiro atoms. The van der Waals surface area contributed by atoms with E-state index in [1.54, 1.807) is 58.0 Å². The molecule has 4 rings (SSSR count). The number of amides is 5. The number of hydrazine groups is 2. The van der Waals surface area contributed by atoms with E-state index in [2.05, 4.69) is 15.5 Å². The van der Waals surface area contributed by atoms with Crippen molar-refractivity contribution < 1.29 is 47.3 Å². The van der Waals surface area contributed by atoms with Crippen molar-refractivity contribution in [2.24, 2.45) is 10.1 Å². The standard InChI is InChI=1S/C32H38FN7O9S/c1-18(2)46-28(42)36-40(31(45)49-21(7)8)50-27-34-32(39(30(44)48-20(5)6)38(27)29(43)47-19(3)4)25(22-13-12-14-23(33)17-22)35-37(26(32)41)24-15-10-9-11-16-24/h9-21H,1-8H3,(H,36,42). The Morgan fingerprint density at radius 3 is 2.00 bits per heavy atom. The number of ether oxygens (including phenoxy) is 4. The maximum Gasteiger partial charge on any atom is 0.440 e. The summed E-state index contributed by atoms with van der Waals surface area (Å²) in [5, 5.41) is 6.09. The summed E-state index contributed by atoms with van der Waals surface area (Å²) in [6.07, 6.45) is -7.50. The Morgan fingerprint density at radius 1 is 0.820 bits per heavy atom. The van der Waals surface area contributed by atoms with Crippen LogP contribution in [0.3, 0.4) is 0 Å². The lowest BCUT2D eigenvalue weighted by atomic mass is 9.96. The summed E-state index contributed by atoms with van der Waals surface area (Å²) in [5.74, 6) is -1.68. The lowest BCUT2D eigenvalue weighted by molar-refractivity contribution is -0.128. The van der Waals surface area contributed by atoms with Gasteiger partial charge in [-0.2, -0.15) is 20.1 Å². The number of para-hydroxylation sites is 1. The first-order valence-corrected chi connectivity index (χ1v) is 16.3. The van der Waals surface area contributed by atoms with Gasteiger partial charge in [-0.1, -0.05) is 30.3 Å². The van der Waals surface area contributed by atoms with E-state index in [4.69, 9.17) is 18.9 Å². The Balaban J connectivity index is 2.01. The second-order valence-electron chi connectivity index (χ2n) is 11.9. The van der Waals surface area contributed by atoms with Crippen LogP contribution >= 0.6 is 11.9 Å². The van der Waals surface area contributed by atoms with Gasteiger partial charge < -0.3 is 18.9 Å². The van der Waals surface area contributed by atoms with Crippen molar-refractivity contribution in [1.29, 1.82) is 0 Å². The molecule has 0 saturated carbocycles. The van der Waals surface area contributed by atoms with Gasteiger partial charge in [0.15, 0.2) is 0 Å². The number of nitrogens with one attached hydrogen (secondary N) is 1. The molecule has 5 amide bonds. The monoisotopic (exact) mass is 715 g/mol. The van der Waals surface area contributed by atoms with Gasteiger partial charge in [0.1, 0.15) is 11.5 Å². The molecule has 2 aromatic rings. The maximum atomic E-state index is 14.8. The molecule has 2 aromatic carbocycles. The lowest BCUT2D eigenvalue weighted by Crippen LogP contribution is -2.64. The van der Waals surface area contributed by atoms with Gasteiger partial charge in [0, 0.05) is 5.56 Å². The van der Waals surface area contributed by atoms with E-state index >= 15 is 0 Å². The summed E-state index contributed by atoms with van der Waals surface area (Å²) in [7, 11) is 0. The van der Waals surface area contributed by atoms with E-state index < -0.39 is 71.3 Å². The zero-order valence-electron chi connectivity index (χ0n) is 28.6. The molecule has 0 fully saturated rings. The first kappa shape index (κ1) is 37.4. The van der Waals surface area contributed by atoms with Gasteiger partial charge in [-0.3, -0.25) is 4.79 Å². The van der Waals surface area contributed by atoms with Crippen molar-refractivity contribution in [3.05, 3.63) is 66.0 Å². The molecule has 16 nitrogen and oxygen atoms in total. The molecule has 0 aliphatic carbocycles. The molecule has 18 heteroatoms. The van der Waals surface area contributed by atoms with Gasteiger partial charge in [0.25, 0.3) is 5.66 Å². The highest BCUT2D eigenvalue weighted by molar-refractivity contribution is 8.12. The third-order valence-electron chi connectivity index (χ3n) is 6.29. The summed E-state index contributed by atoms with van der Waals surface area (Å²) < 4.78 is 36.7. The first-order valence-electron chi connectivity index (χ1n) is 15.6. The van der Waals surface area contributed by atoms with Crippen molar-refractivity contribution in [2.75, 3.05) is 5.01 Å². The molecule has 2 aliphatic rings. The first-order chi connectivity index (χ1) is 23.5. The number of carbonyl (C=O) groups is 5. The average molecular weight is 716 g/mol. The third kappa shape index (κ3) is 8.07. The molecular formula is C32H38FN7O9S. The summed E-state index contributed by atoms with van der Waals surface area (Å²) in [6, 6.07) is 13.1. The Bertz CT molecular complexity index is 1690. The highest BCUT2D eigenvalue weighted by atomic mass is 32.2. The van der Waals surface area contributed by atoms with Gasteiger partial charge in [-0.05, 0) is 79.7 Å². The van der Waals surface area contributed by atoms with Crippen molar-refractivity contribution >= 4 is 58.8 Å². The van der Waals surface area contributed by atoms with Crippen LogP contribution in [0.4, 0.5) is 29.3 Å². The van der Waals surface area contributed by atoms with Crippen molar-refractivity contribution in [3.8, 4) is 0 Å². The Kier molecular flexibility index (Phi) is 11.6. The number of anilines is 1. The molecule has 0 bridgehead atoms. The van der Waals surface area contributed by atoms with Crippen LogP contribution in [0, 0.1) is 5.82 Å². The molecule has 2 aliphatic heterocycles. The number of halogens is 1. The van der Waals surface area contributed by atoms with Crippen LogP contribution in [0.5, 0.6) is 0 Å². The number of hydrogen-bond acceptors (Lipinski definition) is 12. The molecule has 0 radical (unpaired) electrons. The van der Waals surface area contributed by atoms with E-state index in [1.165, 1.54) is 45.9 Å². The fraction of sp³-hybridized carbons (Fsp3) is 0.406. The number of rotatable bonds is 6. The second kappa shape index (κ2) is 15.4. The lowest BCUT2D eigenvalue weighted by Gasteiger charge is -2.35. The fourth-order valence-corrected chi connectivity index (χ4v) is 5.36. The Hall–Kier alpha value is -5.39. The topological polar surface area (TPSA) is 172 Å². The zero-order valence-corrected chi connectivity index (χ0v) is 29.5. The number of hydrogen-bond donors (Lipinski definition) is 1. The van der Waals surface area contributed by atoms with Gasteiger partial charge in [-0.25, -0.2) is 34.0 Å². The summed E-state index contributed by atoms with van der Waals surface area (Å²) >= 11 is 0.294. The second-order valence-corrected chi connectivity index (χ2v) is 12.8. The number of hydrazone groups is 1.